The molecule has 0 amide bonds. The molecule has 1 unspecified atom stereocenters. The van der Waals surface area contributed by atoms with Crippen LogP contribution in [0.4, 0.5) is 0 Å². The van der Waals surface area contributed by atoms with Crippen LogP contribution < -0.4 is 0 Å². The average Bonchev–Trinajstić information content (AvgIpc) is 2.96. The number of carboxylic acids is 1. The number of methoxy groups -OCH3 is 1. The van der Waals surface area contributed by atoms with E-state index in [0.717, 1.165) is 4.88 Å². The highest BCUT2D eigenvalue weighted by molar-refractivity contribution is 7.13. The topological polar surface area (TPSA) is 97.5 Å². The molecule has 0 aliphatic heterocycles. The van der Waals surface area contributed by atoms with Crippen molar-refractivity contribution in [2.24, 2.45) is 0 Å². The van der Waals surface area contributed by atoms with E-state index < -0.39 is 12.1 Å². The molecule has 0 aromatic carbocycles. The van der Waals surface area contributed by atoms with Crippen LogP contribution in [0.15, 0.2) is 17.5 Å². The lowest BCUT2D eigenvalue weighted by molar-refractivity contribution is 0.0513. The van der Waals surface area contributed by atoms with Gasteiger partial charge in [-0.25, -0.2) is 9.48 Å². The second-order valence-corrected chi connectivity index (χ2v) is 4.81. The molecule has 0 aliphatic carbocycles. The lowest BCUT2D eigenvalue weighted by atomic mass is 10.2. The van der Waals surface area contributed by atoms with Gasteiger partial charge in [-0.1, -0.05) is 11.3 Å². The molecule has 1 atom stereocenters. The second kappa shape index (κ2) is 5.91. The quantitative estimate of drug-likeness (QED) is 0.810. The van der Waals surface area contributed by atoms with Crippen molar-refractivity contribution in [3.8, 4) is 10.6 Å². The van der Waals surface area contributed by atoms with Gasteiger partial charge in [0.05, 0.1) is 24.1 Å². The van der Waals surface area contributed by atoms with Gasteiger partial charge in [0.15, 0.2) is 5.69 Å². The predicted molar refractivity (Wildman–Crippen MR) is 68.2 cm³/mol. The van der Waals surface area contributed by atoms with E-state index >= 15 is 0 Å². The second-order valence-electron chi connectivity index (χ2n) is 3.86. The Balaban J connectivity index is 2.36. The highest BCUT2D eigenvalue weighted by Crippen LogP contribution is 2.27. The number of aliphatic hydroxyl groups excluding tert-OH is 1. The van der Waals surface area contributed by atoms with Crippen LogP contribution in [-0.4, -0.2) is 51.0 Å². The Labute approximate surface area is 113 Å². The zero-order chi connectivity index (χ0) is 13.8. The van der Waals surface area contributed by atoms with E-state index in [4.69, 9.17) is 9.84 Å². The fraction of sp³-hybridized carbons (Fsp3) is 0.364. The minimum absolute atomic E-state index is 0.118. The van der Waals surface area contributed by atoms with E-state index in [0.29, 0.717) is 5.69 Å². The van der Waals surface area contributed by atoms with Crippen LogP contribution in [0, 0.1) is 0 Å². The van der Waals surface area contributed by atoms with Gasteiger partial charge in [0.25, 0.3) is 0 Å². The summed E-state index contributed by atoms with van der Waals surface area (Å²) in [6, 6.07) is 3.60. The number of ether oxygens (including phenoxy) is 1. The number of hydrogen-bond donors (Lipinski definition) is 2. The summed E-state index contributed by atoms with van der Waals surface area (Å²) in [5.74, 6) is -1.14. The molecule has 7 nitrogen and oxygen atoms in total. The first-order chi connectivity index (χ1) is 9.13. The van der Waals surface area contributed by atoms with Gasteiger partial charge in [-0.3, -0.25) is 0 Å². The van der Waals surface area contributed by atoms with Gasteiger partial charge in [0, 0.05) is 7.11 Å². The first kappa shape index (κ1) is 13.7. The average molecular weight is 283 g/mol. The zero-order valence-electron chi connectivity index (χ0n) is 10.2. The molecule has 0 saturated carbocycles. The summed E-state index contributed by atoms with van der Waals surface area (Å²) in [5.41, 5.74) is 0.282. The van der Waals surface area contributed by atoms with Crippen molar-refractivity contribution in [3.63, 3.8) is 0 Å². The van der Waals surface area contributed by atoms with Gasteiger partial charge >= 0.3 is 5.97 Å². The van der Waals surface area contributed by atoms with E-state index in [9.17, 15) is 9.90 Å². The summed E-state index contributed by atoms with van der Waals surface area (Å²) in [6.45, 7) is 0.271. The lowest BCUT2D eigenvalue weighted by Crippen LogP contribution is -2.22. The zero-order valence-corrected chi connectivity index (χ0v) is 11.0. The molecule has 2 N–H and O–H groups in total. The molecule has 0 bridgehead atoms. The van der Waals surface area contributed by atoms with Gasteiger partial charge in [-0.05, 0) is 11.4 Å². The molecule has 0 spiro atoms. The van der Waals surface area contributed by atoms with Crippen molar-refractivity contribution in [1.29, 1.82) is 0 Å². The number of hydrogen-bond acceptors (Lipinski definition) is 6. The number of rotatable bonds is 6. The van der Waals surface area contributed by atoms with Crippen molar-refractivity contribution >= 4 is 17.3 Å². The monoisotopic (exact) mass is 283 g/mol. The minimum Gasteiger partial charge on any atom is -0.476 e. The number of aromatic nitrogens is 3. The van der Waals surface area contributed by atoms with E-state index in [1.807, 2.05) is 11.4 Å². The van der Waals surface area contributed by atoms with Gasteiger partial charge < -0.3 is 14.9 Å². The molecule has 0 radical (unpaired) electrons. The summed E-state index contributed by atoms with van der Waals surface area (Å²) in [7, 11) is 1.48. The van der Waals surface area contributed by atoms with E-state index in [2.05, 4.69) is 10.3 Å². The molecule has 2 aromatic heterocycles. The minimum atomic E-state index is -1.14. The first-order valence-corrected chi connectivity index (χ1v) is 6.39. The van der Waals surface area contributed by atoms with Crippen molar-refractivity contribution in [2.45, 2.75) is 12.6 Å². The molecule has 0 saturated heterocycles. The maximum absolute atomic E-state index is 11.1. The lowest BCUT2D eigenvalue weighted by Gasteiger charge is -2.10. The Morgan fingerprint density at radius 1 is 1.63 bits per heavy atom. The molecule has 2 rings (SSSR count). The van der Waals surface area contributed by atoms with Crippen molar-refractivity contribution in [3.05, 3.63) is 23.2 Å². The largest absolute Gasteiger partial charge is 0.476 e. The third-order valence-electron chi connectivity index (χ3n) is 2.43. The fourth-order valence-electron chi connectivity index (χ4n) is 1.69. The van der Waals surface area contributed by atoms with Crippen molar-refractivity contribution < 1.29 is 19.7 Å². The third-order valence-corrected chi connectivity index (χ3v) is 3.31. The highest BCUT2D eigenvalue weighted by atomic mass is 32.1. The standard InChI is InChI=1S/C11H13N3O4S/c1-18-6-7(15)5-14-10(8-3-2-4-19-8)9(11(16)17)12-13-14/h2-4,7,15H,5-6H2,1H3,(H,16,17). The van der Waals surface area contributed by atoms with E-state index in [1.54, 1.807) is 6.07 Å². The highest BCUT2D eigenvalue weighted by Gasteiger charge is 2.22. The molecule has 8 heteroatoms. The van der Waals surface area contributed by atoms with Crippen molar-refractivity contribution in [1.82, 2.24) is 15.0 Å². The number of thiophene rings is 1. The summed E-state index contributed by atoms with van der Waals surface area (Å²) >= 11 is 1.39. The fourth-order valence-corrected chi connectivity index (χ4v) is 2.46. The molecule has 0 fully saturated rings. The number of aliphatic hydroxyl groups is 1. The summed E-state index contributed by atoms with van der Waals surface area (Å²) < 4.78 is 6.22. The number of nitrogens with zero attached hydrogens (tertiary/aromatic N) is 3. The molecule has 102 valence electrons. The number of carboxylic acid groups (broad SMARTS) is 1. The molecular formula is C11H13N3O4S. The van der Waals surface area contributed by atoms with Gasteiger partial charge in [0.1, 0.15) is 5.69 Å². The van der Waals surface area contributed by atoms with E-state index in [1.165, 1.54) is 23.1 Å². The predicted octanol–water partition coefficient (Wildman–Crippen LogP) is 0.712. The number of aromatic carboxylic acids is 1. The number of carbonyl (C=O) groups is 1. The molecule has 2 heterocycles. The van der Waals surface area contributed by atoms with Gasteiger partial charge in [-0.2, -0.15) is 0 Å². The van der Waals surface area contributed by atoms with Gasteiger partial charge in [0.2, 0.25) is 0 Å². The van der Waals surface area contributed by atoms with E-state index in [-0.39, 0.29) is 18.8 Å². The Hall–Kier alpha value is -1.77. The maximum Gasteiger partial charge on any atom is 0.358 e. The maximum atomic E-state index is 11.1. The Morgan fingerprint density at radius 3 is 3.00 bits per heavy atom. The molecular weight excluding hydrogens is 270 g/mol. The van der Waals surface area contributed by atoms with Crippen molar-refractivity contribution in [2.75, 3.05) is 13.7 Å². The third kappa shape index (κ3) is 2.98. The van der Waals surface area contributed by atoms with Crippen LogP contribution >= 0.6 is 11.3 Å². The first-order valence-electron chi connectivity index (χ1n) is 5.51. The Morgan fingerprint density at radius 2 is 2.42 bits per heavy atom. The molecule has 19 heavy (non-hydrogen) atoms. The Kier molecular flexibility index (Phi) is 4.25. The smallest absolute Gasteiger partial charge is 0.358 e. The SMILES string of the molecule is COCC(O)Cn1nnc(C(=O)O)c1-c1cccs1. The molecule has 0 aliphatic rings. The van der Waals surface area contributed by atoms with Gasteiger partial charge in [-0.15, -0.1) is 16.4 Å². The Bertz CT molecular complexity index is 552. The van der Waals surface area contributed by atoms with Crippen LogP contribution in [0.1, 0.15) is 10.5 Å². The van der Waals surface area contributed by atoms with Crippen LogP contribution in [0.25, 0.3) is 10.6 Å². The summed E-state index contributed by atoms with van der Waals surface area (Å²) in [4.78, 5) is 11.9. The van der Waals surface area contributed by atoms with Crippen LogP contribution in [0.3, 0.4) is 0 Å². The van der Waals surface area contributed by atoms with Crippen LogP contribution in [0.5, 0.6) is 0 Å². The van der Waals surface area contributed by atoms with Crippen LogP contribution in [-0.2, 0) is 11.3 Å². The normalized spacial score (nSPS) is 12.5. The molecule has 2 aromatic rings. The summed E-state index contributed by atoms with van der Waals surface area (Å²) in [6.07, 6.45) is -0.771. The summed E-state index contributed by atoms with van der Waals surface area (Å²) in [5, 5.41) is 28.1. The van der Waals surface area contributed by atoms with Crippen LogP contribution in [0.2, 0.25) is 0 Å².